The van der Waals surface area contributed by atoms with Gasteiger partial charge in [0.25, 0.3) is 0 Å². The summed E-state index contributed by atoms with van der Waals surface area (Å²) in [7, 11) is 0. The molecule has 0 unspecified atom stereocenters. The van der Waals surface area contributed by atoms with Crippen LogP contribution >= 0.6 is 0 Å². The molecule has 0 aromatic heterocycles. The maximum absolute atomic E-state index is 13.5. The number of nitrogens with one attached hydrogen (secondary N) is 1. The van der Waals surface area contributed by atoms with Gasteiger partial charge in [0, 0.05) is 5.69 Å². The first kappa shape index (κ1) is 21.0. The fourth-order valence-corrected chi connectivity index (χ4v) is 3.85. The zero-order valence-corrected chi connectivity index (χ0v) is 16.3. The van der Waals surface area contributed by atoms with Crippen LogP contribution in [0.5, 0.6) is 5.75 Å². The molecular formula is C23H24F3NO2. The number of rotatable bonds is 6. The van der Waals surface area contributed by atoms with Gasteiger partial charge in [-0.15, -0.1) is 0 Å². The predicted octanol–water partition coefficient (Wildman–Crippen LogP) is 6.03. The first-order chi connectivity index (χ1) is 13.8. The molecule has 154 valence electrons. The molecule has 3 rings (SSSR count). The highest BCUT2D eigenvalue weighted by atomic mass is 19.4. The molecule has 3 nitrogen and oxygen atoms in total. The van der Waals surface area contributed by atoms with Crippen molar-refractivity contribution in [3.8, 4) is 5.75 Å². The zero-order chi connectivity index (χ0) is 21.1. The van der Waals surface area contributed by atoms with Crippen molar-refractivity contribution >= 4 is 11.6 Å². The van der Waals surface area contributed by atoms with Crippen molar-refractivity contribution in [2.45, 2.75) is 44.2 Å². The Morgan fingerprint density at radius 2 is 1.83 bits per heavy atom. The van der Waals surface area contributed by atoms with E-state index in [0.717, 1.165) is 30.0 Å². The number of ether oxygens (including phenoxy) is 1. The van der Waals surface area contributed by atoms with Gasteiger partial charge in [-0.05, 0) is 43.5 Å². The van der Waals surface area contributed by atoms with Gasteiger partial charge >= 0.3 is 6.18 Å². The summed E-state index contributed by atoms with van der Waals surface area (Å²) in [5.41, 5.74) is 0.455. The van der Waals surface area contributed by atoms with Crippen LogP contribution in [0.2, 0.25) is 0 Å². The Hall–Kier alpha value is -2.76. The molecule has 0 bridgehead atoms. The number of halogens is 3. The minimum Gasteiger partial charge on any atom is -0.489 e. The molecule has 1 amide bonds. The van der Waals surface area contributed by atoms with E-state index < -0.39 is 17.2 Å². The summed E-state index contributed by atoms with van der Waals surface area (Å²) in [5, 5.41) is 2.72. The molecule has 0 atom stereocenters. The van der Waals surface area contributed by atoms with Crippen LogP contribution in [0, 0.1) is 6.92 Å². The van der Waals surface area contributed by atoms with Gasteiger partial charge in [-0.2, -0.15) is 13.2 Å². The predicted molar refractivity (Wildman–Crippen MR) is 107 cm³/mol. The lowest BCUT2D eigenvalue weighted by Gasteiger charge is -2.28. The monoisotopic (exact) mass is 403 g/mol. The molecule has 6 heteroatoms. The smallest absolute Gasteiger partial charge is 0.420 e. The molecule has 0 radical (unpaired) electrons. The summed E-state index contributed by atoms with van der Waals surface area (Å²) in [5.74, 6) is -0.559. The van der Waals surface area contributed by atoms with Crippen molar-refractivity contribution in [2.24, 2.45) is 0 Å². The van der Waals surface area contributed by atoms with Gasteiger partial charge in [-0.25, -0.2) is 0 Å². The number of anilines is 1. The van der Waals surface area contributed by atoms with Gasteiger partial charge < -0.3 is 10.1 Å². The van der Waals surface area contributed by atoms with Gasteiger partial charge in [0.05, 0.1) is 11.0 Å². The number of hydrogen-bond acceptors (Lipinski definition) is 2. The highest BCUT2D eigenvalue weighted by molar-refractivity contribution is 5.99. The lowest BCUT2D eigenvalue weighted by Crippen LogP contribution is -2.38. The Morgan fingerprint density at radius 3 is 2.41 bits per heavy atom. The Kier molecular flexibility index (Phi) is 6.01. The van der Waals surface area contributed by atoms with E-state index in [1.165, 1.54) is 18.2 Å². The lowest BCUT2D eigenvalue weighted by atomic mass is 9.77. The third-order valence-corrected chi connectivity index (χ3v) is 5.40. The average molecular weight is 403 g/mol. The number of carbonyl (C=O) groups is 1. The summed E-state index contributed by atoms with van der Waals surface area (Å²) in [6, 6.07) is 11.4. The highest BCUT2D eigenvalue weighted by Gasteiger charge is 2.43. The van der Waals surface area contributed by atoms with Crippen LogP contribution in [0.3, 0.4) is 0 Å². The molecular weight excluding hydrogens is 379 g/mol. The second-order valence-electron chi connectivity index (χ2n) is 7.42. The van der Waals surface area contributed by atoms with E-state index in [4.69, 9.17) is 4.74 Å². The first-order valence-corrected chi connectivity index (χ1v) is 9.60. The minimum absolute atomic E-state index is 0.0364. The number of carbonyl (C=O) groups excluding carboxylic acids is 1. The summed E-state index contributed by atoms with van der Waals surface area (Å²) in [4.78, 5) is 13.2. The Balaban J connectivity index is 1.90. The maximum atomic E-state index is 13.5. The summed E-state index contributed by atoms with van der Waals surface area (Å²) < 4.78 is 45.5. The normalized spacial score (nSPS) is 15.7. The van der Waals surface area contributed by atoms with E-state index in [1.807, 2.05) is 31.2 Å². The van der Waals surface area contributed by atoms with E-state index >= 15 is 0 Å². The molecule has 0 heterocycles. The van der Waals surface area contributed by atoms with Crippen LogP contribution in [0.4, 0.5) is 18.9 Å². The number of alkyl halides is 3. The fraction of sp³-hybridized carbons (Fsp3) is 0.348. The van der Waals surface area contributed by atoms with E-state index in [-0.39, 0.29) is 24.0 Å². The Labute approximate surface area is 168 Å². The van der Waals surface area contributed by atoms with Crippen LogP contribution in [0.25, 0.3) is 0 Å². The van der Waals surface area contributed by atoms with Gasteiger partial charge in [0.15, 0.2) is 0 Å². The molecule has 1 aliphatic carbocycles. The molecule has 29 heavy (non-hydrogen) atoms. The number of benzene rings is 2. The quantitative estimate of drug-likeness (QED) is 0.598. The van der Waals surface area contributed by atoms with Crippen molar-refractivity contribution in [3.05, 3.63) is 71.8 Å². The van der Waals surface area contributed by atoms with Crippen LogP contribution < -0.4 is 10.1 Å². The van der Waals surface area contributed by atoms with Crippen molar-refractivity contribution < 1.29 is 22.7 Å². The number of aryl methyl sites for hydroxylation is 1. The Morgan fingerprint density at radius 1 is 1.17 bits per heavy atom. The molecule has 2 aromatic carbocycles. The van der Waals surface area contributed by atoms with Crippen molar-refractivity contribution in [1.82, 2.24) is 0 Å². The van der Waals surface area contributed by atoms with Crippen molar-refractivity contribution in [3.63, 3.8) is 0 Å². The minimum atomic E-state index is -4.60. The third-order valence-electron chi connectivity index (χ3n) is 5.40. The van der Waals surface area contributed by atoms with Gasteiger partial charge in [0.1, 0.15) is 12.4 Å². The fourth-order valence-electron chi connectivity index (χ4n) is 3.85. The zero-order valence-electron chi connectivity index (χ0n) is 16.3. The summed E-state index contributed by atoms with van der Waals surface area (Å²) in [6.07, 6.45) is -0.0591. The van der Waals surface area contributed by atoms with Crippen molar-refractivity contribution in [1.29, 1.82) is 0 Å². The van der Waals surface area contributed by atoms with Crippen molar-refractivity contribution in [2.75, 3.05) is 11.9 Å². The van der Waals surface area contributed by atoms with Crippen LogP contribution in [-0.2, 0) is 16.4 Å². The van der Waals surface area contributed by atoms with Gasteiger partial charge in [0.2, 0.25) is 5.91 Å². The summed E-state index contributed by atoms with van der Waals surface area (Å²) in [6.45, 7) is 5.38. The molecule has 1 N–H and O–H groups in total. The van der Waals surface area contributed by atoms with E-state index in [1.54, 1.807) is 0 Å². The van der Waals surface area contributed by atoms with Crippen LogP contribution in [0.15, 0.2) is 55.1 Å². The lowest BCUT2D eigenvalue weighted by molar-refractivity contribution is -0.138. The Bertz CT molecular complexity index is 882. The molecule has 2 aromatic rings. The molecule has 0 spiro atoms. The average Bonchev–Trinajstić information content (AvgIpc) is 3.18. The van der Waals surface area contributed by atoms with Crippen LogP contribution in [-0.4, -0.2) is 12.5 Å². The molecule has 1 aliphatic rings. The molecule has 0 aliphatic heterocycles. The van der Waals surface area contributed by atoms with Crippen LogP contribution in [0.1, 0.15) is 42.4 Å². The molecule has 1 saturated carbocycles. The molecule has 1 fully saturated rings. The first-order valence-electron chi connectivity index (χ1n) is 9.60. The largest absolute Gasteiger partial charge is 0.489 e. The SMILES string of the molecule is C=CCOc1ccc(NC(=O)C2(c3ccc(C)cc3)CCCC2)cc1C(F)(F)F. The highest BCUT2D eigenvalue weighted by Crippen LogP contribution is 2.43. The molecule has 0 saturated heterocycles. The van der Waals surface area contributed by atoms with E-state index in [9.17, 15) is 18.0 Å². The number of hydrogen-bond donors (Lipinski definition) is 1. The van der Waals surface area contributed by atoms with E-state index in [0.29, 0.717) is 12.8 Å². The topological polar surface area (TPSA) is 38.3 Å². The van der Waals surface area contributed by atoms with Gasteiger partial charge in [-0.1, -0.05) is 55.3 Å². The third kappa shape index (κ3) is 4.47. The maximum Gasteiger partial charge on any atom is 0.420 e. The standard InChI is InChI=1S/C23H24F3NO2/c1-3-14-29-20-11-10-18(15-19(20)23(24,25)26)27-21(28)22(12-4-5-13-22)17-8-6-16(2)7-9-17/h3,6-11,15H,1,4-5,12-14H2,2H3,(H,27,28). The summed E-state index contributed by atoms with van der Waals surface area (Å²) >= 11 is 0. The number of amides is 1. The second-order valence-corrected chi connectivity index (χ2v) is 7.42. The van der Waals surface area contributed by atoms with E-state index in [2.05, 4.69) is 11.9 Å². The second kappa shape index (κ2) is 8.31. The van der Waals surface area contributed by atoms with Gasteiger partial charge in [-0.3, -0.25) is 4.79 Å².